The SMILES string of the molecule is CCOc1ccc(-c2nc(COc3cccnc3[N+](=O)[O-])cs2)cc1OC. The number of hydrogen-bond donors (Lipinski definition) is 0. The minimum absolute atomic E-state index is 0.108. The maximum atomic E-state index is 11.0. The van der Waals surface area contributed by atoms with E-state index in [-0.39, 0.29) is 18.2 Å². The van der Waals surface area contributed by atoms with Gasteiger partial charge in [-0.1, -0.05) is 0 Å². The molecule has 0 fully saturated rings. The van der Waals surface area contributed by atoms with Gasteiger partial charge in [-0.3, -0.25) is 0 Å². The fourth-order valence-corrected chi connectivity index (χ4v) is 3.17. The standard InChI is InChI=1S/C18H17N3O5S/c1-3-25-14-7-6-12(9-16(14)24-2)18-20-13(11-27-18)10-26-15-5-4-8-19-17(15)21(22)23/h4-9,11H,3,10H2,1-2H3. The van der Waals surface area contributed by atoms with Gasteiger partial charge in [0.1, 0.15) is 17.8 Å². The van der Waals surface area contributed by atoms with Gasteiger partial charge in [0.25, 0.3) is 0 Å². The van der Waals surface area contributed by atoms with Crippen molar-refractivity contribution in [2.75, 3.05) is 13.7 Å². The molecule has 3 aromatic rings. The van der Waals surface area contributed by atoms with Crippen LogP contribution in [0.4, 0.5) is 5.82 Å². The second-order valence-electron chi connectivity index (χ2n) is 5.31. The zero-order valence-electron chi connectivity index (χ0n) is 14.7. The highest BCUT2D eigenvalue weighted by Gasteiger charge is 2.16. The van der Waals surface area contributed by atoms with Gasteiger partial charge in [0.05, 0.1) is 19.4 Å². The number of aromatic nitrogens is 2. The normalized spacial score (nSPS) is 10.4. The first-order valence-electron chi connectivity index (χ1n) is 8.10. The van der Waals surface area contributed by atoms with E-state index >= 15 is 0 Å². The molecule has 2 heterocycles. The molecule has 0 aliphatic rings. The second-order valence-corrected chi connectivity index (χ2v) is 6.17. The molecule has 140 valence electrons. The predicted molar refractivity (Wildman–Crippen MR) is 100 cm³/mol. The molecule has 0 unspecified atom stereocenters. The number of nitro groups is 1. The highest BCUT2D eigenvalue weighted by atomic mass is 32.1. The number of rotatable bonds is 8. The largest absolute Gasteiger partial charge is 0.493 e. The van der Waals surface area contributed by atoms with Gasteiger partial charge in [-0.05, 0) is 47.2 Å². The first kappa shape index (κ1) is 18.6. The summed E-state index contributed by atoms with van der Waals surface area (Å²) in [6, 6.07) is 8.70. The molecule has 0 atom stereocenters. The van der Waals surface area contributed by atoms with Crippen molar-refractivity contribution in [1.29, 1.82) is 0 Å². The van der Waals surface area contributed by atoms with E-state index in [9.17, 15) is 10.1 Å². The van der Waals surface area contributed by atoms with E-state index in [1.54, 1.807) is 13.2 Å². The molecule has 0 amide bonds. The zero-order valence-corrected chi connectivity index (χ0v) is 15.6. The highest BCUT2D eigenvalue weighted by Crippen LogP contribution is 2.34. The number of hydrogen-bond acceptors (Lipinski definition) is 8. The maximum absolute atomic E-state index is 11.0. The third-order valence-corrected chi connectivity index (χ3v) is 4.50. The number of methoxy groups -OCH3 is 1. The Morgan fingerprint density at radius 1 is 1.19 bits per heavy atom. The average Bonchev–Trinajstić information content (AvgIpc) is 3.16. The molecule has 27 heavy (non-hydrogen) atoms. The summed E-state index contributed by atoms with van der Waals surface area (Å²) >= 11 is 1.45. The Morgan fingerprint density at radius 3 is 2.78 bits per heavy atom. The molecule has 0 radical (unpaired) electrons. The number of benzene rings is 1. The first-order chi connectivity index (χ1) is 13.1. The third kappa shape index (κ3) is 4.32. The Labute approximate surface area is 159 Å². The van der Waals surface area contributed by atoms with E-state index in [1.807, 2.05) is 30.5 Å². The zero-order chi connectivity index (χ0) is 19.2. The molecule has 0 aliphatic carbocycles. The minimum atomic E-state index is -0.575. The van der Waals surface area contributed by atoms with E-state index in [0.29, 0.717) is 23.8 Å². The van der Waals surface area contributed by atoms with Crippen LogP contribution >= 0.6 is 11.3 Å². The van der Waals surface area contributed by atoms with Crippen LogP contribution in [-0.4, -0.2) is 28.6 Å². The third-order valence-electron chi connectivity index (χ3n) is 3.56. The van der Waals surface area contributed by atoms with E-state index in [4.69, 9.17) is 14.2 Å². The first-order valence-corrected chi connectivity index (χ1v) is 8.98. The van der Waals surface area contributed by atoms with Crippen molar-refractivity contribution in [2.24, 2.45) is 0 Å². The van der Waals surface area contributed by atoms with Gasteiger partial charge in [-0.2, -0.15) is 0 Å². The number of thiazole rings is 1. The van der Waals surface area contributed by atoms with E-state index < -0.39 is 4.92 Å². The Kier molecular flexibility index (Phi) is 5.82. The molecule has 0 spiro atoms. The average molecular weight is 387 g/mol. The van der Waals surface area contributed by atoms with Gasteiger partial charge >= 0.3 is 5.82 Å². The van der Waals surface area contributed by atoms with Crippen LogP contribution in [0.5, 0.6) is 17.2 Å². The van der Waals surface area contributed by atoms with Gasteiger partial charge in [0.2, 0.25) is 5.75 Å². The summed E-state index contributed by atoms with van der Waals surface area (Å²) in [6.45, 7) is 2.57. The molecule has 0 aliphatic heterocycles. The van der Waals surface area contributed by atoms with Crippen LogP contribution in [-0.2, 0) is 6.61 Å². The molecule has 0 saturated carbocycles. The molecule has 1 aromatic carbocycles. The Morgan fingerprint density at radius 2 is 2.04 bits per heavy atom. The lowest BCUT2D eigenvalue weighted by Gasteiger charge is -2.10. The number of ether oxygens (including phenoxy) is 3. The smallest absolute Gasteiger partial charge is 0.406 e. The van der Waals surface area contributed by atoms with Crippen molar-refractivity contribution in [1.82, 2.24) is 9.97 Å². The van der Waals surface area contributed by atoms with Crippen LogP contribution in [0.3, 0.4) is 0 Å². The molecule has 2 aromatic heterocycles. The van der Waals surface area contributed by atoms with Gasteiger partial charge in [-0.15, -0.1) is 11.3 Å². The van der Waals surface area contributed by atoms with Gasteiger partial charge < -0.3 is 24.3 Å². The number of nitrogens with zero attached hydrogens (tertiary/aromatic N) is 3. The van der Waals surface area contributed by atoms with Crippen molar-refractivity contribution >= 4 is 17.2 Å². The fourth-order valence-electron chi connectivity index (χ4n) is 2.36. The molecule has 8 nitrogen and oxygen atoms in total. The summed E-state index contributed by atoms with van der Waals surface area (Å²) in [5.74, 6) is 1.10. The lowest BCUT2D eigenvalue weighted by atomic mass is 10.2. The lowest BCUT2D eigenvalue weighted by Crippen LogP contribution is -2.00. The van der Waals surface area contributed by atoms with Gasteiger partial charge in [-0.25, -0.2) is 4.98 Å². The summed E-state index contributed by atoms with van der Waals surface area (Å²) < 4.78 is 16.4. The van der Waals surface area contributed by atoms with Crippen LogP contribution in [0.25, 0.3) is 10.6 Å². The van der Waals surface area contributed by atoms with Crippen molar-refractivity contribution in [2.45, 2.75) is 13.5 Å². The Bertz CT molecular complexity index is 944. The summed E-state index contributed by atoms with van der Waals surface area (Å²) in [7, 11) is 1.59. The highest BCUT2D eigenvalue weighted by molar-refractivity contribution is 7.13. The van der Waals surface area contributed by atoms with E-state index in [0.717, 1.165) is 10.6 Å². The summed E-state index contributed by atoms with van der Waals surface area (Å²) in [5.41, 5.74) is 1.56. The van der Waals surface area contributed by atoms with E-state index in [1.165, 1.54) is 23.6 Å². The molecule has 3 rings (SSSR count). The lowest BCUT2D eigenvalue weighted by molar-refractivity contribution is -0.390. The van der Waals surface area contributed by atoms with Crippen molar-refractivity contribution < 1.29 is 19.1 Å². The summed E-state index contributed by atoms with van der Waals surface area (Å²) in [5, 5.41) is 13.6. The van der Waals surface area contributed by atoms with Crippen LogP contribution in [0.2, 0.25) is 0 Å². The topological polar surface area (TPSA) is 96.6 Å². The quantitative estimate of drug-likeness (QED) is 0.424. The van der Waals surface area contributed by atoms with Crippen LogP contribution in [0, 0.1) is 10.1 Å². The monoisotopic (exact) mass is 387 g/mol. The van der Waals surface area contributed by atoms with Gasteiger partial charge in [0.15, 0.2) is 11.5 Å². The fraction of sp³-hybridized carbons (Fsp3) is 0.222. The second kappa shape index (κ2) is 8.45. The molecule has 9 heteroatoms. The maximum Gasteiger partial charge on any atom is 0.406 e. The van der Waals surface area contributed by atoms with Crippen LogP contribution < -0.4 is 14.2 Å². The molecule has 0 bridgehead atoms. The molecular formula is C18H17N3O5S. The van der Waals surface area contributed by atoms with Gasteiger partial charge in [0, 0.05) is 10.9 Å². The molecule has 0 saturated heterocycles. The molecule has 0 N–H and O–H groups in total. The number of pyridine rings is 1. The van der Waals surface area contributed by atoms with Crippen molar-refractivity contribution in [3.05, 3.63) is 57.7 Å². The van der Waals surface area contributed by atoms with Crippen molar-refractivity contribution in [3.63, 3.8) is 0 Å². The Hall–Kier alpha value is -3.20. The predicted octanol–water partition coefficient (Wildman–Crippen LogP) is 4.10. The molecular weight excluding hydrogens is 370 g/mol. The minimum Gasteiger partial charge on any atom is -0.493 e. The van der Waals surface area contributed by atoms with E-state index in [2.05, 4.69) is 9.97 Å². The Balaban J connectivity index is 1.75. The van der Waals surface area contributed by atoms with Crippen LogP contribution in [0.15, 0.2) is 41.9 Å². The van der Waals surface area contributed by atoms with Crippen molar-refractivity contribution in [3.8, 4) is 27.8 Å². The summed E-state index contributed by atoms with van der Waals surface area (Å²) in [6.07, 6.45) is 1.35. The summed E-state index contributed by atoms with van der Waals surface area (Å²) in [4.78, 5) is 18.7. The van der Waals surface area contributed by atoms with Crippen LogP contribution in [0.1, 0.15) is 12.6 Å².